The maximum absolute atomic E-state index is 13.2. The number of fused-ring (bicyclic) bond motifs is 1. The summed E-state index contributed by atoms with van der Waals surface area (Å²) in [6.45, 7) is 0.297. The SMILES string of the molecule is NC(=NCCc1c[nH]c2cc(F)ccc12)Nc1ccccc1OC(F)(F)F. The summed E-state index contributed by atoms with van der Waals surface area (Å²) in [7, 11) is 0. The van der Waals surface area contributed by atoms with Crippen molar-refractivity contribution >= 4 is 22.5 Å². The second-order valence-electron chi connectivity index (χ2n) is 5.69. The molecular weight excluding hydrogens is 364 g/mol. The normalized spacial score (nSPS) is 12.4. The second-order valence-corrected chi connectivity index (χ2v) is 5.69. The number of aromatic amines is 1. The summed E-state index contributed by atoms with van der Waals surface area (Å²) < 4.78 is 54.4. The number of H-pyrrole nitrogens is 1. The zero-order chi connectivity index (χ0) is 19.4. The van der Waals surface area contributed by atoms with E-state index in [9.17, 15) is 17.6 Å². The molecule has 0 bridgehead atoms. The number of alkyl halides is 3. The number of benzene rings is 2. The molecule has 0 spiro atoms. The van der Waals surface area contributed by atoms with Gasteiger partial charge >= 0.3 is 6.36 Å². The van der Waals surface area contributed by atoms with Gasteiger partial charge in [0.05, 0.1) is 5.69 Å². The van der Waals surface area contributed by atoms with Gasteiger partial charge in [-0.05, 0) is 42.3 Å². The molecule has 1 aromatic heterocycles. The Bertz CT molecular complexity index is 965. The molecule has 3 rings (SSSR count). The molecule has 0 unspecified atom stereocenters. The van der Waals surface area contributed by atoms with Crippen molar-refractivity contribution in [3.8, 4) is 5.75 Å². The third kappa shape index (κ3) is 4.90. The van der Waals surface area contributed by atoms with Crippen LogP contribution in [-0.2, 0) is 6.42 Å². The van der Waals surface area contributed by atoms with Crippen LogP contribution in [-0.4, -0.2) is 23.9 Å². The summed E-state index contributed by atoms with van der Waals surface area (Å²) in [6.07, 6.45) is -2.52. The zero-order valence-corrected chi connectivity index (χ0v) is 14.0. The average Bonchev–Trinajstić information content (AvgIpc) is 2.97. The first kappa shape index (κ1) is 18.6. The third-order valence-corrected chi connectivity index (χ3v) is 3.77. The Hall–Kier alpha value is -3.23. The Morgan fingerprint density at radius 3 is 2.74 bits per heavy atom. The van der Waals surface area contributed by atoms with Gasteiger partial charge < -0.3 is 20.8 Å². The Morgan fingerprint density at radius 1 is 1.19 bits per heavy atom. The van der Waals surface area contributed by atoms with Crippen molar-refractivity contribution in [1.82, 2.24) is 4.98 Å². The molecule has 3 aromatic rings. The molecule has 0 amide bonds. The van der Waals surface area contributed by atoms with Crippen molar-refractivity contribution in [2.45, 2.75) is 12.8 Å². The Labute approximate surface area is 151 Å². The number of para-hydroxylation sites is 2. The lowest BCUT2D eigenvalue weighted by molar-refractivity contribution is -0.274. The number of hydrogen-bond acceptors (Lipinski definition) is 2. The molecule has 1 heterocycles. The van der Waals surface area contributed by atoms with Crippen LogP contribution in [0.2, 0.25) is 0 Å². The number of nitrogens with two attached hydrogens (primary N) is 1. The molecule has 142 valence electrons. The summed E-state index contributed by atoms with van der Waals surface area (Å²) in [5.41, 5.74) is 7.42. The molecule has 0 saturated heterocycles. The molecule has 0 aliphatic heterocycles. The van der Waals surface area contributed by atoms with E-state index in [1.165, 1.54) is 30.3 Å². The lowest BCUT2D eigenvalue weighted by Crippen LogP contribution is -2.24. The van der Waals surface area contributed by atoms with Gasteiger partial charge in [-0.2, -0.15) is 0 Å². The van der Waals surface area contributed by atoms with Gasteiger partial charge in [-0.3, -0.25) is 4.99 Å². The minimum absolute atomic E-state index is 0.0425. The number of aliphatic imine (C=N–C) groups is 1. The molecule has 0 saturated carbocycles. The van der Waals surface area contributed by atoms with Gasteiger partial charge in [-0.25, -0.2) is 4.39 Å². The monoisotopic (exact) mass is 380 g/mol. The van der Waals surface area contributed by atoms with Crippen molar-refractivity contribution in [3.63, 3.8) is 0 Å². The van der Waals surface area contributed by atoms with E-state index in [4.69, 9.17) is 5.73 Å². The van der Waals surface area contributed by atoms with Crippen LogP contribution in [0.3, 0.4) is 0 Å². The minimum atomic E-state index is -4.81. The number of aromatic nitrogens is 1. The first-order chi connectivity index (χ1) is 12.8. The molecule has 4 N–H and O–H groups in total. The predicted octanol–water partition coefficient (Wildman–Crippen LogP) is 4.17. The van der Waals surface area contributed by atoms with Gasteiger partial charge in [0.2, 0.25) is 0 Å². The van der Waals surface area contributed by atoms with Crippen LogP contribution in [0.1, 0.15) is 5.56 Å². The number of guanidine groups is 1. The van der Waals surface area contributed by atoms with Gasteiger partial charge in [0, 0.05) is 23.6 Å². The summed E-state index contributed by atoms with van der Waals surface area (Å²) in [4.78, 5) is 7.09. The Balaban J connectivity index is 1.65. The fourth-order valence-corrected chi connectivity index (χ4v) is 2.62. The highest BCUT2D eigenvalue weighted by Crippen LogP contribution is 2.29. The van der Waals surface area contributed by atoms with Crippen molar-refractivity contribution in [2.75, 3.05) is 11.9 Å². The Kier molecular flexibility index (Phi) is 5.20. The van der Waals surface area contributed by atoms with E-state index in [1.807, 2.05) is 0 Å². The van der Waals surface area contributed by atoms with Crippen molar-refractivity contribution in [3.05, 3.63) is 60.0 Å². The van der Waals surface area contributed by atoms with E-state index >= 15 is 0 Å². The molecule has 27 heavy (non-hydrogen) atoms. The number of nitrogens with one attached hydrogen (secondary N) is 2. The summed E-state index contributed by atoms with van der Waals surface area (Å²) in [5.74, 6) is -0.775. The number of ether oxygens (including phenoxy) is 1. The third-order valence-electron chi connectivity index (χ3n) is 3.77. The molecule has 0 radical (unpaired) electrons. The van der Waals surface area contributed by atoms with Crippen molar-refractivity contribution in [2.24, 2.45) is 10.7 Å². The first-order valence-corrected chi connectivity index (χ1v) is 7.99. The van der Waals surface area contributed by atoms with E-state index in [0.29, 0.717) is 18.5 Å². The molecular formula is C18H16F4N4O. The summed E-state index contributed by atoms with van der Waals surface area (Å²) in [6, 6.07) is 9.98. The molecule has 0 fully saturated rings. The van der Waals surface area contributed by atoms with E-state index in [2.05, 4.69) is 20.0 Å². The number of nitrogens with zero attached hydrogens (tertiary/aromatic N) is 1. The van der Waals surface area contributed by atoms with Crippen LogP contribution in [0.25, 0.3) is 10.9 Å². The second kappa shape index (κ2) is 7.56. The quantitative estimate of drug-likeness (QED) is 0.353. The first-order valence-electron chi connectivity index (χ1n) is 7.99. The molecule has 2 aromatic carbocycles. The maximum atomic E-state index is 13.2. The van der Waals surface area contributed by atoms with Gasteiger partial charge in [-0.1, -0.05) is 12.1 Å². The standard InChI is InChI=1S/C18H16F4N4O/c19-12-5-6-13-11(10-25-15(13)9-12)7-8-24-17(23)26-14-3-1-2-4-16(14)27-18(20,21)22/h1-6,9-10,25H,7-8H2,(H3,23,24,26). The summed E-state index contributed by atoms with van der Waals surface area (Å²) in [5, 5.41) is 3.48. The van der Waals surface area contributed by atoms with Gasteiger partial charge in [0.25, 0.3) is 0 Å². The highest BCUT2D eigenvalue weighted by Gasteiger charge is 2.32. The maximum Gasteiger partial charge on any atom is 0.573 e. The van der Waals surface area contributed by atoms with Gasteiger partial charge in [0.15, 0.2) is 11.7 Å². The molecule has 0 aliphatic carbocycles. The lowest BCUT2D eigenvalue weighted by atomic mass is 10.1. The van der Waals surface area contributed by atoms with Crippen LogP contribution >= 0.6 is 0 Å². The highest BCUT2D eigenvalue weighted by molar-refractivity contribution is 5.93. The van der Waals surface area contributed by atoms with Crippen LogP contribution in [0.4, 0.5) is 23.2 Å². The molecule has 0 aliphatic rings. The fourth-order valence-electron chi connectivity index (χ4n) is 2.62. The largest absolute Gasteiger partial charge is 0.573 e. The molecule has 5 nitrogen and oxygen atoms in total. The van der Waals surface area contributed by atoms with E-state index in [1.54, 1.807) is 18.3 Å². The smallest absolute Gasteiger partial charge is 0.404 e. The number of rotatable bonds is 5. The molecule has 0 atom stereocenters. The van der Waals surface area contributed by atoms with Crippen LogP contribution < -0.4 is 15.8 Å². The van der Waals surface area contributed by atoms with Gasteiger partial charge in [-0.15, -0.1) is 13.2 Å². The van der Waals surface area contributed by atoms with Crippen molar-refractivity contribution in [1.29, 1.82) is 0 Å². The van der Waals surface area contributed by atoms with E-state index in [0.717, 1.165) is 10.9 Å². The van der Waals surface area contributed by atoms with E-state index < -0.39 is 12.1 Å². The van der Waals surface area contributed by atoms with Crippen LogP contribution in [0.15, 0.2) is 53.7 Å². The molecule has 9 heteroatoms. The van der Waals surface area contributed by atoms with Crippen molar-refractivity contribution < 1.29 is 22.3 Å². The lowest BCUT2D eigenvalue weighted by Gasteiger charge is -2.14. The highest BCUT2D eigenvalue weighted by atomic mass is 19.4. The topological polar surface area (TPSA) is 75.4 Å². The minimum Gasteiger partial charge on any atom is -0.404 e. The van der Waals surface area contributed by atoms with Crippen LogP contribution in [0.5, 0.6) is 5.75 Å². The number of halogens is 4. The number of hydrogen-bond donors (Lipinski definition) is 3. The van der Waals surface area contributed by atoms with Crippen LogP contribution in [0, 0.1) is 5.82 Å². The van der Waals surface area contributed by atoms with E-state index in [-0.39, 0.29) is 17.5 Å². The predicted molar refractivity (Wildman–Crippen MR) is 95.2 cm³/mol. The fraction of sp³-hybridized carbons (Fsp3) is 0.167. The number of anilines is 1. The average molecular weight is 380 g/mol. The summed E-state index contributed by atoms with van der Waals surface area (Å²) >= 11 is 0. The zero-order valence-electron chi connectivity index (χ0n) is 14.0. The Morgan fingerprint density at radius 2 is 1.96 bits per heavy atom. The van der Waals surface area contributed by atoms with Gasteiger partial charge in [0.1, 0.15) is 5.82 Å².